The van der Waals surface area contributed by atoms with E-state index in [-0.39, 0.29) is 0 Å². The van der Waals surface area contributed by atoms with E-state index in [1.54, 1.807) is 0 Å². The first-order chi connectivity index (χ1) is 3.50. The lowest BCUT2D eigenvalue weighted by molar-refractivity contribution is 0.349. The van der Waals surface area contributed by atoms with Gasteiger partial charge >= 0.3 is 0 Å². The summed E-state index contributed by atoms with van der Waals surface area (Å²) >= 11 is 0. The van der Waals surface area contributed by atoms with Crippen molar-refractivity contribution in [2.24, 2.45) is 22.9 Å². The Kier molecular flexibility index (Phi) is 2.36. The van der Waals surface area contributed by atoms with Crippen molar-refractivity contribution >= 4 is 0 Å². The van der Waals surface area contributed by atoms with Crippen molar-refractivity contribution in [2.75, 3.05) is 0 Å². The summed E-state index contributed by atoms with van der Waals surface area (Å²) in [4.78, 5) is 0. The number of hydrogen-bond acceptors (Lipinski definition) is 4. The van der Waals surface area contributed by atoms with Gasteiger partial charge in [0, 0.05) is 0 Å². The Morgan fingerprint density at radius 3 is 1.75 bits per heavy atom. The fourth-order valence-corrected chi connectivity index (χ4v) is 0.236. The molecule has 0 aromatic heterocycles. The molecule has 4 nitrogen and oxygen atoms in total. The first kappa shape index (κ1) is 7.84. The molecular weight excluding hydrogens is 104 g/mol. The Bertz CT molecular complexity index is 68.4. The molecule has 50 valence electrons. The molecule has 8 heavy (non-hydrogen) atoms. The van der Waals surface area contributed by atoms with E-state index < -0.39 is 11.8 Å². The second-order valence-corrected chi connectivity index (χ2v) is 1.99. The quantitative estimate of drug-likeness (QED) is 0.323. The highest BCUT2D eigenvalue weighted by atomic mass is 15.1. The molecule has 0 bridgehead atoms. The molecule has 0 aliphatic carbocycles. The number of rotatable bonds is 2. The molecule has 0 aliphatic rings. The van der Waals surface area contributed by atoms with Gasteiger partial charge in [-0.25, -0.2) is 0 Å². The Morgan fingerprint density at radius 1 is 1.38 bits per heavy atom. The van der Waals surface area contributed by atoms with Crippen LogP contribution in [0, 0.1) is 0 Å². The Balaban J connectivity index is 3.71. The van der Waals surface area contributed by atoms with Crippen molar-refractivity contribution in [1.82, 2.24) is 0 Å². The molecule has 0 heterocycles. The highest BCUT2D eigenvalue weighted by molar-refractivity contribution is 4.82. The second kappa shape index (κ2) is 2.41. The zero-order chi connectivity index (χ0) is 6.78. The fraction of sp³-hybridized carbons (Fsp3) is 1.00. The van der Waals surface area contributed by atoms with Crippen molar-refractivity contribution in [3.8, 4) is 0 Å². The number of nitrogens with two attached hydrogens (primary N) is 4. The average molecular weight is 118 g/mol. The minimum atomic E-state index is -0.903. The van der Waals surface area contributed by atoms with Crippen LogP contribution in [0.25, 0.3) is 0 Å². The molecule has 0 saturated carbocycles. The van der Waals surface area contributed by atoms with Gasteiger partial charge in [-0.2, -0.15) is 0 Å². The molecule has 0 aromatic carbocycles. The van der Waals surface area contributed by atoms with Gasteiger partial charge in [-0.15, -0.1) is 0 Å². The summed E-state index contributed by atoms with van der Waals surface area (Å²) in [6.45, 7) is 1.84. The van der Waals surface area contributed by atoms with Crippen molar-refractivity contribution in [1.29, 1.82) is 0 Å². The largest absolute Gasteiger partial charge is 0.313 e. The van der Waals surface area contributed by atoms with E-state index in [0.717, 1.165) is 0 Å². The van der Waals surface area contributed by atoms with Crippen LogP contribution in [-0.2, 0) is 0 Å². The molecule has 0 atom stereocenters. The molecule has 4 heteroatoms. The maximum absolute atomic E-state index is 5.39. The Morgan fingerprint density at radius 2 is 1.75 bits per heavy atom. The predicted octanol–water partition coefficient (Wildman–Crippen LogP) is -1.75. The zero-order valence-corrected chi connectivity index (χ0v) is 5.09. The van der Waals surface area contributed by atoms with Crippen LogP contribution in [0.2, 0.25) is 0 Å². The topological polar surface area (TPSA) is 104 Å². The van der Waals surface area contributed by atoms with Gasteiger partial charge in [0.05, 0.1) is 11.8 Å². The van der Waals surface area contributed by atoms with Crippen LogP contribution in [0.1, 0.15) is 13.3 Å². The molecule has 0 rings (SSSR count). The summed E-state index contributed by atoms with van der Waals surface area (Å²) in [5.41, 5.74) is 20.3. The van der Waals surface area contributed by atoms with E-state index in [2.05, 4.69) is 0 Å². The summed E-state index contributed by atoms with van der Waals surface area (Å²) in [5, 5.41) is 0. The van der Waals surface area contributed by atoms with E-state index in [9.17, 15) is 0 Å². The monoisotopic (exact) mass is 118 g/mol. The molecule has 0 spiro atoms. The van der Waals surface area contributed by atoms with Gasteiger partial charge < -0.3 is 22.9 Å². The lowest BCUT2D eigenvalue weighted by Crippen LogP contribution is -2.65. The van der Waals surface area contributed by atoms with E-state index in [1.807, 2.05) is 6.92 Å². The van der Waals surface area contributed by atoms with Gasteiger partial charge in [0.2, 0.25) is 0 Å². The van der Waals surface area contributed by atoms with Crippen molar-refractivity contribution in [3.05, 3.63) is 0 Å². The van der Waals surface area contributed by atoms with Crippen LogP contribution in [0.3, 0.4) is 0 Å². The van der Waals surface area contributed by atoms with Crippen molar-refractivity contribution < 1.29 is 0 Å². The van der Waals surface area contributed by atoms with Gasteiger partial charge in [-0.3, -0.25) is 0 Å². The SMILES string of the molecule is CCC(N)(N)C(N)N. The molecule has 0 unspecified atom stereocenters. The van der Waals surface area contributed by atoms with E-state index in [0.29, 0.717) is 6.42 Å². The summed E-state index contributed by atoms with van der Waals surface area (Å²) < 4.78 is 0. The van der Waals surface area contributed by atoms with Crippen LogP contribution >= 0.6 is 0 Å². The van der Waals surface area contributed by atoms with Crippen molar-refractivity contribution in [3.63, 3.8) is 0 Å². The molecule has 0 fully saturated rings. The molecule has 0 aliphatic heterocycles. The zero-order valence-electron chi connectivity index (χ0n) is 5.09. The summed E-state index contributed by atoms with van der Waals surface area (Å²) in [5.74, 6) is 0. The first-order valence-corrected chi connectivity index (χ1v) is 2.59. The van der Waals surface area contributed by atoms with Gasteiger partial charge in [-0.1, -0.05) is 6.92 Å². The molecule has 0 aromatic rings. The van der Waals surface area contributed by atoms with Gasteiger partial charge in [0.15, 0.2) is 0 Å². The van der Waals surface area contributed by atoms with E-state index in [4.69, 9.17) is 22.9 Å². The average Bonchev–Trinajstić information content (AvgIpc) is 1.67. The second-order valence-electron chi connectivity index (χ2n) is 1.99. The summed E-state index contributed by atoms with van der Waals surface area (Å²) in [7, 11) is 0. The minimum absolute atomic E-state index is 0.588. The van der Waals surface area contributed by atoms with Gasteiger partial charge in [0.1, 0.15) is 0 Å². The Hall–Kier alpha value is -0.160. The van der Waals surface area contributed by atoms with Crippen LogP contribution in [0.4, 0.5) is 0 Å². The lowest BCUT2D eigenvalue weighted by atomic mass is 10.1. The normalized spacial score (nSPS) is 12.8. The maximum atomic E-state index is 5.39. The summed E-state index contributed by atoms with van der Waals surface area (Å²) in [6.07, 6.45) is -0.0440. The van der Waals surface area contributed by atoms with Gasteiger partial charge in [0.25, 0.3) is 0 Å². The molecule has 8 N–H and O–H groups in total. The van der Waals surface area contributed by atoms with Crippen LogP contribution in [0.5, 0.6) is 0 Å². The lowest BCUT2D eigenvalue weighted by Gasteiger charge is -2.26. The standard InChI is InChI=1S/C4H14N4/c1-2-4(7,8)3(5)6/h3H,2,5-8H2,1H3. The molecular formula is C4H14N4. The fourth-order valence-electron chi connectivity index (χ4n) is 0.236. The first-order valence-electron chi connectivity index (χ1n) is 2.59. The van der Waals surface area contributed by atoms with Gasteiger partial charge in [-0.05, 0) is 6.42 Å². The van der Waals surface area contributed by atoms with Crippen molar-refractivity contribution in [2.45, 2.75) is 25.2 Å². The highest BCUT2D eigenvalue weighted by Gasteiger charge is 2.21. The van der Waals surface area contributed by atoms with Crippen LogP contribution < -0.4 is 22.9 Å². The third-order valence-electron chi connectivity index (χ3n) is 1.23. The minimum Gasteiger partial charge on any atom is -0.313 e. The Labute approximate surface area is 49.2 Å². The summed E-state index contributed by atoms with van der Waals surface area (Å²) in [6, 6.07) is 0. The number of hydrogen-bond donors (Lipinski definition) is 4. The highest BCUT2D eigenvalue weighted by Crippen LogP contribution is 1.95. The molecule has 0 saturated heterocycles. The molecule has 0 amide bonds. The smallest absolute Gasteiger partial charge is 0.0923 e. The molecule has 0 radical (unpaired) electrons. The third kappa shape index (κ3) is 1.75. The maximum Gasteiger partial charge on any atom is 0.0923 e. The van der Waals surface area contributed by atoms with Crippen LogP contribution in [0.15, 0.2) is 0 Å². The van der Waals surface area contributed by atoms with Crippen LogP contribution in [-0.4, -0.2) is 11.8 Å². The third-order valence-corrected chi connectivity index (χ3v) is 1.23. The van der Waals surface area contributed by atoms with E-state index in [1.165, 1.54) is 0 Å². The predicted molar refractivity (Wildman–Crippen MR) is 33.6 cm³/mol. The van der Waals surface area contributed by atoms with E-state index >= 15 is 0 Å².